The molecule has 2 atom stereocenters. The molecule has 1 heterocycles. The van der Waals surface area contributed by atoms with Crippen LogP contribution in [0.1, 0.15) is 20.8 Å². The summed E-state index contributed by atoms with van der Waals surface area (Å²) in [6, 6.07) is 0. The summed E-state index contributed by atoms with van der Waals surface area (Å²) in [6.45, 7) is 6.30. The van der Waals surface area contributed by atoms with E-state index in [1.54, 1.807) is 6.92 Å². The fourth-order valence-electron chi connectivity index (χ4n) is 0.813. The van der Waals surface area contributed by atoms with Crippen molar-refractivity contribution in [3.05, 3.63) is 0 Å². The highest BCUT2D eigenvalue weighted by Gasteiger charge is 2.33. The number of hydrogen-bond acceptors (Lipinski definition) is 2. The lowest BCUT2D eigenvalue weighted by atomic mass is 10.1. The molecule has 1 amide bonds. The highest BCUT2D eigenvalue weighted by atomic mass is 31.0. The fourth-order valence-corrected chi connectivity index (χ4v) is 1.26. The summed E-state index contributed by atoms with van der Waals surface area (Å²) in [5.41, 5.74) is 0. The van der Waals surface area contributed by atoms with E-state index in [1.807, 2.05) is 13.8 Å². The van der Waals surface area contributed by atoms with Crippen LogP contribution in [0.25, 0.3) is 0 Å². The molecule has 1 aliphatic heterocycles. The lowest BCUT2D eigenvalue weighted by Gasteiger charge is -2.02. The van der Waals surface area contributed by atoms with E-state index in [-0.39, 0.29) is 17.6 Å². The molecule has 0 bridgehead atoms. The van der Waals surface area contributed by atoms with Crippen LogP contribution in [-0.2, 0) is 9.59 Å². The molecule has 11 heavy (non-hydrogen) atoms. The van der Waals surface area contributed by atoms with Gasteiger partial charge in [0.05, 0.1) is 0 Å². The Morgan fingerprint density at radius 3 is 2.00 bits per heavy atom. The predicted octanol–water partition coefficient (Wildman–Crippen LogP) is 0.850. The average molecular weight is 175 g/mol. The Morgan fingerprint density at radius 1 is 1.45 bits per heavy atom. The van der Waals surface area contributed by atoms with Gasteiger partial charge >= 0.3 is 0 Å². The van der Waals surface area contributed by atoms with Crippen molar-refractivity contribution in [1.82, 2.24) is 4.67 Å². The zero-order valence-corrected chi connectivity index (χ0v) is 8.28. The molecule has 0 aromatic heterocycles. The molecular weight excluding hydrogens is 161 g/mol. The molecule has 0 saturated carbocycles. The van der Waals surface area contributed by atoms with Crippen molar-refractivity contribution in [2.24, 2.45) is 5.92 Å². The first-order valence-electron chi connectivity index (χ1n) is 3.73. The normalized spacial score (nSPS) is 23.3. The van der Waals surface area contributed by atoms with Crippen LogP contribution in [0, 0.1) is 5.92 Å². The maximum Gasteiger partial charge on any atom is 0.293 e. The SMILES string of the molecule is CC.CC1CN(P)C(=O)C1=O. The van der Waals surface area contributed by atoms with Crippen LogP contribution >= 0.6 is 9.39 Å². The van der Waals surface area contributed by atoms with Gasteiger partial charge in [0.2, 0.25) is 5.78 Å². The number of amides is 1. The van der Waals surface area contributed by atoms with Crippen LogP contribution in [0.5, 0.6) is 0 Å². The van der Waals surface area contributed by atoms with Crippen LogP contribution in [0.4, 0.5) is 0 Å². The molecule has 1 saturated heterocycles. The zero-order chi connectivity index (χ0) is 9.02. The molecular formula is C7H14NO2P. The molecule has 4 heteroatoms. The van der Waals surface area contributed by atoms with Crippen molar-refractivity contribution in [2.75, 3.05) is 6.54 Å². The molecule has 0 aliphatic carbocycles. The summed E-state index contributed by atoms with van der Waals surface area (Å²) >= 11 is 0. The minimum Gasteiger partial charge on any atom is -0.320 e. The number of hydrogen-bond donors (Lipinski definition) is 0. The second-order valence-corrected chi connectivity index (χ2v) is 2.85. The van der Waals surface area contributed by atoms with Crippen LogP contribution in [0.3, 0.4) is 0 Å². The van der Waals surface area contributed by atoms with Crippen molar-refractivity contribution < 1.29 is 9.59 Å². The smallest absolute Gasteiger partial charge is 0.293 e. The summed E-state index contributed by atoms with van der Waals surface area (Å²) < 4.78 is 1.37. The van der Waals surface area contributed by atoms with E-state index in [4.69, 9.17) is 0 Å². The van der Waals surface area contributed by atoms with E-state index in [0.717, 1.165) is 0 Å². The van der Waals surface area contributed by atoms with E-state index in [2.05, 4.69) is 9.39 Å². The lowest BCUT2D eigenvalue weighted by molar-refractivity contribution is -0.138. The molecule has 0 spiro atoms. The maximum absolute atomic E-state index is 10.7. The number of carbonyl (C=O) groups excluding carboxylic acids is 2. The molecule has 0 radical (unpaired) electrons. The van der Waals surface area contributed by atoms with Crippen molar-refractivity contribution in [1.29, 1.82) is 0 Å². The van der Waals surface area contributed by atoms with Crippen molar-refractivity contribution in [3.8, 4) is 0 Å². The van der Waals surface area contributed by atoms with Crippen molar-refractivity contribution >= 4 is 21.1 Å². The highest BCUT2D eigenvalue weighted by molar-refractivity contribution is 7.15. The first-order chi connectivity index (χ1) is 5.13. The molecule has 0 aromatic carbocycles. The van der Waals surface area contributed by atoms with Crippen LogP contribution in [-0.4, -0.2) is 22.9 Å². The van der Waals surface area contributed by atoms with Crippen molar-refractivity contribution in [2.45, 2.75) is 20.8 Å². The quantitative estimate of drug-likeness (QED) is 0.404. The van der Waals surface area contributed by atoms with E-state index < -0.39 is 0 Å². The Balaban J connectivity index is 0.000000461. The standard InChI is InChI=1S/C5H8NO2P.C2H6/c1-3-2-6(9)5(8)4(3)7;1-2/h3H,2,9H2,1H3;1-2H3. The molecule has 1 rings (SSSR count). The van der Waals surface area contributed by atoms with Gasteiger partial charge in [0.1, 0.15) is 0 Å². The highest BCUT2D eigenvalue weighted by Crippen LogP contribution is 2.16. The van der Waals surface area contributed by atoms with Gasteiger partial charge in [0.25, 0.3) is 5.91 Å². The topological polar surface area (TPSA) is 37.4 Å². The third kappa shape index (κ3) is 2.26. The first-order valence-corrected chi connectivity index (χ1v) is 4.25. The van der Waals surface area contributed by atoms with Gasteiger partial charge in [-0.05, 0) is 9.39 Å². The van der Waals surface area contributed by atoms with Crippen LogP contribution in [0.15, 0.2) is 0 Å². The second kappa shape index (κ2) is 4.45. The van der Waals surface area contributed by atoms with Crippen LogP contribution < -0.4 is 0 Å². The number of carbonyl (C=O) groups is 2. The van der Waals surface area contributed by atoms with Gasteiger partial charge in [-0.1, -0.05) is 20.8 Å². The molecule has 1 aliphatic rings. The first kappa shape index (κ1) is 10.6. The zero-order valence-electron chi connectivity index (χ0n) is 7.13. The number of ketones is 1. The average Bonchev–Trinajstić information content (AvgIpc) is 2.22. The van der Waals surface area contributed by atoms with E-state index in [9.17, 15) is 9.59 Å². The largest absolute Gasteiger partial charge is 0.320 e. The Morgan fingerprint density at radius 2 is 1.91 bits per heavy atom. The number of rotatable bonds is 0. The van der Waals surface area contributed by atoms with Crippen LogP contribution in [0.2, 0.25) is 0 Å². The maximum atomic E-state index is 10.7. The third-order valence-electron chi connectivity index (χ3n) is 1.39. The van der Waals surface area contributed by atoms with Gasteiger partial charge in [-0.3, -0.25) is 9.59 Å². The van der Waals surface area contributed by atoms with Gasteiger partial charge in [-0.15, -0.1) is 0 Å². The van der Waals surface area contributed by atoms with Gasteiger partial charge < -0.3 is 4.67 Å². The summed E-state index contributed by atoms with van der Waals surface area (Å²) in [5.74, 6) is -0.771. The van der Waals surface area contributed by atoms with Gasteiger partial charge in [-0.2, -0.15) is 0 Å². The number of Topliss-reactive ketones (excluding diaryl/α,β-unsaturated/α-hetero) is 1. The van der Waals surface area contributed by atoms with E-state index in [0.29, 0.717) is 6.54 Å². The molecule has 64 valence electrons. The van der Waals surface area contributed by atoms with Gasteiger partial charge in [0.15, 0.2) is 0 Å². The summed E-state index contributed by atoms with van der Waals surface area (Å²) in [5, 5.41) is 0. The minimum absolute atomic E-state index is 0.116. The number of nitrogens with zero attached hydrogens (tertiary/aromatic N) is 1. The lowest BCUT2D eigenvalue weighted by Crippen LogP contribution is -2.16. The monoisotopic (exact) mass is 175 g/mol. The predicted molar refractivity (Wildman–Crippen MR) is 46.9 cm³/mol. The van der Waals surface area contributed by atoms with Crippen molar-refractivity contribution in [3.63, 3.8) is 0 Å². The second-order valence-electron chi connectivity index (χ2n) is 2.22. The van der Waals surface area contributed by atoms with Gasteiger partial charge in [0, 0.05) is 12.5 Å². The summed E-state index contributed by atoms with van der Waals surface area (Å²) in [6.07, 6.45) is 0. The molecule has 0 N–H and O–H groups in total. The Bertz CT molecular complexity index is 152. The molecule has 3 nitrogen and oxygen atoms in total. The fraction of sp³-hybridized carbons (Fsp3) is 0.714. The third-order valence-corrected chi connectivity index (χ3v) is 1.84. The Kier molecular flexibility index (Phi) is 4.27. The van der Waals surface area contributed by atoms with E-state index >= 15 is 0 Å². The van der Waals surface area contributed by atoms with E-state index in [1.165, 1.54) is 4.67 Å². The molecule has 1 fully saturated rings. The Labute approximate surface area is 69.4 Å². The van der Waals surface area contributed by atoms with Gasteiger partial charge in [-0.25, -0.2) is 0 Å². The summed E-state index contributed by atoms with van der Waals surface area (Å²) in [4.78, 5) is 21.4. The summed E-state index contributed by atoms with van der Waals surface area (Å²) in [7, 11) is 2.22. The Hall–Kier alpha value is -0.430. The molecule has 0 aromatic rings. The molecule has 2 unspecified atom stereocenters. The minimum atomic E-state index is -0.382.